The van der Waals surface area contributed by atoms with Gasteiger partial charge in [0.1, 0.15) is 0 Å². The molecule has 0 saturated carbocycles. The van der Waals surface area contributed by atoms with Gasteiger partial charge in [0.25, 0.3) is 5.91 Å². The second kappa shape index (κ2) is 6.77. The van der Waals surface area contributed by atoms with E-state index in [0.717, 1.165) is 37.6 Å². The van der Waals surface area contributed by atoms with E-state index in [-0.39, 0.29) is 5.91 Å². The first-order valence-electron chi connectivity index (χ1n) is 8.60. The summed E-state index contributed by atoms with van der Waals surface area (Å²) in [4.78, 5) is 16.8. The summed E-state index contributed by atoms with van der Waals surface area (Å²) in [6.45, 7) is 9.73. The van der Waals surface area contributed by atoms with Gasteiger partial charge in [-0.25, -0.2) is 4.68 Å². The van der Waals surface area contributed by atoms with Gasteiger partial charge >= 0.3 is 0 Å². The molecule has 128 valence electrons. The van der Waals surface area contributed by atoms with Crippen LogP contribution in [0.3, 0.4) is 0 Å². The number of piperazine rings is 1. The highest BCUT2D eigenvalue weighted by atomic mass is 16.2. The van der Waals surface area contributed by atoms with Gasteiger partial charge in [-0.3, -0.25) is 4.79 Å². The molecule has 1 aromatic heterocycles. The number of benzene rings is 1. The van der Waals surface area contributed by atoms with Crippen molar-refractivity contribution in [1.29, 1.82) is 0 Å². The largest absolute Gasteiger partial charge is 0.335 e. The van der Waals surface area contributed by atoms with Crippen molar-refractivity contribution >= 4 is 5.91 Å². The maximum absolute atomic E-state index is 12.7. The van der Waals surface area contributed by atoms with E-state index in [1.807, 2.05) is 22.6 Å². The van der Waals surface area contributed by atoms with E-state index in [0.29, 0.717) is 11.6 Å². The van der Waals surface area contributed by atoms with Crippen LogP contribution in [-0.4, -0.2) is 58.7 Å². The van der Waals surface area contributed by atoms with Crippen molar-refractivity contribution in [1.82, 2.24) is 19.6 Å². The van der Waals surface area contributed by atoms with Crippen LogP contribution in [0.1, 0.15) is 41.5 Å². The van der Waals surface area contributed by atoms with E-state index in [1.165, 1.54) is 5.56 Å². The summed E-state index contributed by atoms with van der Waals surface area (Å²) in [6.07, 6.45) is 0. The van der Waals surface area contributed by atoms with Crippen molar-refractivity contribution in [3.63, 3.8) is 0 Å². The predicted octanol–water partition coefficient (Wildman–Crippen LogP) is 2.69. The third-order valence-corrected chi connectivity index (χ3v) is 4.70. The molecule has 0 bridgehead atoms. The van der Waals surface area contributed by atoms with E-state index in [2.05, 4.69) is 55.2 Å². The summed E-state index contributed by atoms with van der Waals surface area (Å²) in [5.41, 5.74) is 3.81. The number of carbonyl (C=O) groups is 1. The zero-order valence-corrected chi connectivity index (χ0v) is 15.0. The number of carbonyl (C=O) groups excluding carboxylic acids is 1. The molecule has 5 heteroatoms. The van der Waals surface area contributed by atoms with Gasteiger partial charge in [0.05, 0.1) is 5.69 Å². The van der Waals surface area contributed by atoms with Crippen molar-refractivity contribution in [3.8, 4) is 5.69 Å². The fourth-order valence-electron chi connectivity index (χ4n) is 3.01. The lowest BCUT2D eigenvalue weighted by Crippen LogP contribution is -2.47. The number of nitrogens with zero attached hydrogens (tertiary/aromatic N) is 4. The van der Waals surface area contributed by atoms with E-state index < -0.39 is 0 Å². The third kappa shape index (κ3) is 3.36. The summed E-state index contributed by atoms with van der Waals surface area (Å²) in [5, 5.41) is 4.56. The van der Waals surface area contributed by atoms with Crippen molar-refractivity contribution in [2.45, 2.75) is 26.7 Å². The highest BCUT2D eigenvalue weighted by Crippen LogP contribution is 2.19. The molecule has 1 aromatic carbocycles. The van der Waals surface area contributed by atoms with Crippen molar-refractivity contribution in [2.24, 2.45) is 0 Å². The first-order chi connectivity index (χ1) is 11.5. The molecule has 3 rings (SSSR count). The summed E-state index contributed by atoms with van der Waals surface area (Å²) in [5.74, 6) is 0.538. The molecule has 2 heterocycles. The lowest BCUT2D eigenvalue weighted by molar-refractivity contribution is 0.0657. The van der Waals surface area contributed by atoms with E-state index in [9.17, 15) is 4.79 Å². The Morgan fingerprint density at radius 1 is 1.08 bits per heavy atom. The van der Waals surface area contributed by atoms with Gasteiger partial charge in [-0.1, -0.05) is 26.0 Å². The Morgan fingerprint density at radius 3 is 2.29 bits per heavy atom. The number of hydrogen-bond donors (Lipinski definition) is 0. The number of likely N-dealkylation sites (N-methyl/N-ethyl adjacent to an activating group) is 1. The van der Waals surface area contributed by atoms with Crippen molar-refractivity contribution in [2.75, 3.05) is 33.2 Å². The van der Waals surface area contributed by atoms with Gasteiger partial charge in [0.2, 0.25) is 0 Å². The lowest BCUT2D eigenvalue weighted by atomic mass is 10.0. The average Bonchev–Trinajstić information content (AvgIpc) is 2.97. The number of rotatable bonds is 3. The SMILES string of the molecule is Cc1cc(C(=O)N2CCN(C)CC2)nn1-c1ccc(C(C)C)cc1. The van der Waals surface area contributed by atoms with Crippen LogP contribution in [0.15, 0.2) is 30.3 Å². The summed E-state index contributed by atoms with van der Waals surface area (Å²) >= 11 is 0. The van der Waals surface area contributed by atoms with Crippen molar-refractivity contribution < 1.29 is 4.79 Å². The van der Waals surface area contributed by atoms with Gasteiger partial charge in [-0.2, -0.15) is 5.10 Å². The fraction of sp³-hybridized carbons (Fsp3) is 0.474. The molecule has 0 aliphatic carbocycles. The highest BCUT2D eigenvalue weighted by Gasteiger charge is 2.23. The third-order valence-electron chi connectivity index (χ3n) is 4.70. The van der Waals surface area contributed by atoms with Crippen LogP contribution in [-0.2, 0) is 0 Å². The zero-order chi connectivity index (χ0) is 17.3. The van der Waals surface area contributed by atoms with E-state index in [1.54, 1.807) is 0 Å². The normalized spacial score (nSPS) is 16.0. The standard InChI is InChI=1S/C19H26N4O/c1-14(2)16-5-7-17(8-6-16)23-15(3)13-18(20-23)19(24)22-11-9-21(4)10-12-22/h5-8,13-14H,9-12H2,1-4H3. The zero-order valence-electron chi connectivity index (χ0n) is 15.0. The van der Waals surface area contributed by atoms with Gasteiger partial charge in [0.15, 0.2) is 5.69 Å². The minimum atomic E-state index is 0.0313. The second-order valence-electron chi connectivity index (χ2n) is 6.92. The molecule has 24 heavy (non-hydrogen) atoms. The number of amides is 1. The molecule has 2 aromatic rings. The monoisotopic (exact) mass is 326 g/mol. The number of aryl methyl sites for hydroxylation is 1. The molecular formula is C19H26N4O. The molecule has 0 radical (unpaired) electrons. The Bertz CT molecular complexity index is 709. The molecule has 0 unspecified atom stereocenters. The molecule has 1 saturated heterocycles. The molecule has 1 amide bonds. The predicted molar refractivity (Wildman–Crippen MR) is 95.8 cm³/mol. The molecule has 0 N–H and O–H groups in total. The minimum Gasteiger partial charge on any atom is -0.335 e. The Hall–Kier alpha value is -2.14. The van der Waals surface area contributed by atoms with Gasteiger partial charge in [-0.05, 0) is 43.7 Å². The molecular weight excluding hydrogens is 300 g/mol. The van der Waals surface area contributed by atoms with Gasteiger partial charge < -0.3 is 9.80 Å². The minimum absolute atomic E-state index is 0.0313. The fourth-order valence-corrected chi connectivity index (χ4v) is 3.01. The Labute approximate surface area is 143 Å². The molecule has 0 atom stereocenters. The number of aromatic nitrogens is 2. The van der Waals surface area contributed by atoms with Crippen LogP contribution < -0.4 is 0 Å². The van der Waals surface area contributed by atoms with Gasteiger partial charge in [0, 0.05) is 31.9 Å². The Morgan fingerprint density at radius 2 is 1.71 bits per heavy atom. The van der Waals surface area contributed by atoms with Crippen LogP contribution in [0, 0.1) is 6.92 Å². The Balaban J connectivity index is 1.81. The topological polar surface area (TPSA) is 41.4 Å². The average molecular weight is 326 g/mol. The van der Waals surface area contributed by atoms with Gasteiger partial charge in [-0.15, -0.1) is 0 Å². The van der Waals surface area contributed by atoms with Crippen LogP contribution in [0.5, 0.6) is 0 Å². The van der Waals surface area contributed by atoms with E-state index in [4.69, 9.17) is 0 Å². The molecule has 0 spiro atoms. The quantitative estimate of drug-likeness (QED) is 0.871. The number of hydrogen-bond acceptors (Lipinski definition) is 3. The van der Waals surface area contributed by atoms with E-state index >= 15 is 0 Å². The lowest BCUT2D eigenvalue weighted by Gasteiger charge is -2.31. The summed E-state index contributed by atoms with van der Waals surface area (Å²) < 4.78 is 1.85. The van der Waals surface area contributed by atoms with Crippen LogP contribution in [0.25, 0.3) is 5.69 Å². The first kappa shape index (κ1) is 16.7. The molecule has 5 nitrogen and oxygen atoms in total. The molecule has 1 aliphatic rings. The first-order valence-corrected chi connectivity index (χ1v) is 8.60. The van der Waals surface area contributed by atoms with Crippen LogP contribution >= 0.6 is 0 Å². The van der Waals surface area contributed by atoms with Crippen LogP contribution in [0.2, 0.25) is 0 Å². The molecule has 1 aliphatic heterocycles. The summed E-state index contributed by atoms with van der Waals surface area (Å²) in [6, 6.07) is 10.3. The maximum atomic E-state index is 12.7. The molecule has 1 fully saturated rings. The smallest absolute Gasteiger partial charge is 0.274 e. The van der Waals surface area contributed by atoms with Crippen molar-refractivity contribution in [3.05, 3.63) is 47.3 Å². The highest BCUT2D eigenvalue weighted by molar-refractivity contribution is 5.92. The maximum Gasteiger partial charge on any atom is 0.274 e. The van der Waals surface area contributed by atoms with Crippen LogP contribution in [0.4, 0.5) is 0 Å². The Kier molecular flexibility index (Phi) is 4.71. The summed E-state index contributed by atoms with van der Waals surface area (Å²) in [7, 11) is 2.08. The second-order valence-corrected chi connectivity index (χ2v) is 6.92.